The van der Waals surface area contributed by atoms with Crippen molar-refractivity contribution in [3.05, 3.63) is 51.7 Å². The van der Waals surface area contributed by atoms with E-state index in [-0.39, 0.29) is 32.6 Å². The maximum atomic E-state index is 13.1. The minimum absolute atomic E-state index is 0.00828. The number of esters is 1. The minimum Gasteiger partial charge on any atom is -0.465 e. The predicted molar refractivity (Wildman–Crippen MR) is 81.8 cm³/mol. The van der Waals surface area contributed by atoms with Crippen LogP contribution in [-0.2, 0) is 20.3 Å². The molecular formula is C15H14ClFO5S. The van der Waals surface area contributed by atoms with E-state index in [9.17, 15) is 17.6 Å². The number of hydrogen-bond donors (Lipinski definition) is 0. The summed E-state index contributed by atoms with van der Waals surface area (Å²) in [4.78, 5) is 11.6. The summed E-state index contributed by atoms with van der Waals surface area (Å²) in [5.41, 5.74) is 0.0883. The summed E-state index contributed by atoms with van der Waals surface area (Å²) in [6, 6.07) is 3.43. The number of hydrogen-bond acceptors (Lipinski definition) is 5. The predicted octanol–water partition coefficient (Wildman–Crippen LogP) is 3.45. The van der Waals surface area contributed by atoms with E-state index < -0.39 is 27.4 Å². The Bertz CT molecular complexity index is 870. The summed E-state index contributed by atoms with van der Waals surface area (Å²) in [5.74, 6) is -1.63. The fourth-order valence-corrected chi connectivity index (χ4v) is 4.43. The fourth-order valence-electron chi connectivity index (χ4n) is 2.29. The zero-order valence-electron chi connectivity index (χ0n) is 12.6. The zero-order chi connectivity index (χ0) is 17.4. The average molecular weight is 361 g/mol. The molecule has 124 valence electrons. The molecule has 2 rings (SSSR count). The molecule has 0 unspecified atom stereocenters. The molecule has 0 saturated heterocycles. The van der Waals surface area contributed by atoms with Crippen molar-refractivity contribution in [1.29, 1.82) is 0 Å². The number of aryl methyl sites for hydroxylation is 2. The Kier molecular flexibility index (Phi) is 4.81. The summed E-state index contributed by atoms with van der Waals surface area (Å²) >= 11 is 5.88. The molecule has 0 aliphatic heterocycles. The van der Waals surface area contributed by atoms with E-state index in [4.69, 9.17) is 16.0 Å². The lowest BCUT2D eigenvalue weighted by Crippen LogP contribution is -2.12. The van der Waals surface area contributed by atoms with Gasteiger partial charge in [-0.1, -0.05) is 17.7 Å². The molecule has 5 nitrogen and oxygen atoms in total. The molecular weight excluding hydrogens is 347 g/mol. The van der Waals surface area contributed by atoms with Crippen LogP contribution < -0.4 is 0 Å². The number of benzene rings is 1. The van der Waals surface area contributed by atoms with E-state index in [1.54, 1.807) is 0 Å². The fraction of sp³-hybridized carbons (Fsp3) is 0.267. The van der Waals surface area contributed by atoms with Crippen molar-refractivity contribution in [2.45, 2.75) is 24.5 Å². The van der Waals surface area contributed by atoms with Crippen molar-refractivity contribution in [3.8, 4) is 0 Å². The Morgan fingerprint density at radius 3 is 2.52 bits per heavy atom. The Hall–Kier alpha value is -1.86. The molecule has 0 bridgehead atoms. The molecule has 0 aliphatic rings. The van der Waals surface area contributed by atoms with Gasteiger partial charge in [-0.15, -0.1) is 0 Å². The summed E-state index contributed by atoms with van der Waals surface area (Å²) < 4.78 is 48.4. The van der Waals surface area contributed by atoms with Crippen molar-refractivity contribution in [2.24, 2.45) is 0 Å². The highest BCUT2D eigenvalue weighted by Crippen LogP contribution is 2.31. The summed E-state index contributed by atoms with van der Waals surface area (Å²) in [5, 5.41) is -0.00828. The molecule has 1 heterocycles. The Morgan fingerprint density at radius 2 is 1.96 bits per heavy atom. The van der Waals surface area contributed by atoms with E-state index in [2.05, 4.69) is 4.74 Å². The molecule has 0 fully saturated rings. The van der Waals surface area contributed by atoms with Crippen LogP contribution in [0.2, 0.25) is 5.02 Å². The first-order valence-electron chi connectivity index (χ1n) is 6.52. The van der Waals surface area contributed by atoms with Gasteiger partial charge in [-0.25, -0.2) is 17.6 Å². The third-order valence-electron chi connectivity index (χ3n) is 3.27. The highest BCUT2D eigenvalue weighted by atomic mass is 35.5. The molecule has 0 radical (unpaired) electrons. The molecule has 23 heavy (non-hydrogen) atoms. The van der Waals surface area contributed by atoms with Crippen LogP contribution in [0.5, 0.6) is 0 Å². The summed E-state index contributed by atoms with van der Waals surface area (Å²) in [6.45, 7) is 2.92. The lowest BCUT2D eigenvalue weighted by atomic mass is 10.2. The van der Waals surface area contributed by atoms with Gasteiger partial charge in [0.25, 0.3) is 0 Å². The molecule has 2 aromatic rings. The lowest BCUT2D eigenvalue weighted by Gasteiger charge is -2.08. The molecule has 1 aromatic heterocycles. The van der Waals surface area contributed by atoms with Gasteiger partial charge in [0.15, 0.2) is 9.84 Å². The van der Waals surface area contributed by atoms with E-state index in [0.29, 0.717) is 0 Å². The lowest BCUT2D eigenvalue weighted by molar-refractivity contribution is 0.0595. The Labute approximate surface area is 137 Å². The summed E-state index contributed by atoms with van der Waals surface area (Å²) in [7, 11) is -2.80. The largest absolute Gasteiger partial charge is 0.465 e. The maximum Gasteiger partial charge on any atom is 0.342 e. The van der Waals surface area contributed by atoms with Crippen molar-refractivity contribution >= 4 is 27.4 Å². The number of sulfone groups is 1. The molecule has 8 heteroatoms. The minimum atomic E-state index is -3.95. The number of halogens is 2. The van der Waals surface area contributed by atoms with Crippen LogP contribution in [0.1, 0.15) is 27.4 Å². The van der Waals surface area contributed by atoms with E-state index >= 15 is 0 Å². The highest BCUT2D eigenvalue weighted by molar-refractivity contribution is 7.90. The average Bonchev–Trinajstić information content (AvgIpc) is 2.76. The standard InChI is InChI=1S/C15H14ClFO5S/c1-8-13(15(18)21-3)14(9(2)22-8)23(19,20)7-10-4-5-11(17)6-12(10)16/h4-6H,7H2,1-3H3. The van der Waals surface area contributed by atoms with Crippen molar-refractivity contribution in [2.75, 3.05) is 7.11 Å². The second-order valence-corrected chi connectivity index (χ2v) is 7.24. The molecule has 0 N–H and O–H groups in total. The Morgan fingerprint density at radius 1 is 1.30 bits per heavy atom. The maximum absolute atomic E-state index is 13.1. The molecule has 0 saturated carbocycles. The van der Waals surface area contributed by atoms with E-state index in [1.807, 2.05) is 0 Å². The highest BCUT2D eigenvalue weighted by Gasteiger charge is 2.32. The summed E-state index contributed by atoms with van der Waals surface area (Å²) in [6.07, 6.45) is 0. The second-order valence-electron chi connectivity index (χ2n) is 4.90. The first-order chi connectivity index (χ1) is 10.7. The smallest absolute Gasteiger partial charge is 0.342 e. The first-order valence-corrected chi connectivity index (χ1v) is 8.55. The van der Waals surface area contributed by atoms with E-state index in [0.717, 1.165) is 19.2 Å². The van der Waals surface area contributed by atoms with Gasteiger partial charge in [0.2, 0.25) is 0 Å². The van der Waals surface area contributed by atoms with Gasteiger partial charge < -0.3 is 9.15 Å². The van der Waals surface area contributed by atoms with Gasteiger partial charge >= 0.3 is 5.97 Å². The second kappa shape index (κ2) is 6.33. The first kappa shape index (κ1) is 17.5. The number of furan rings is 1. The van der Waals surface area contributed by atoms with Gasteiger partial charge in [0.05, 0.1) is 12.9 Å². The van der Waals surface area contributed by atoms with Gasteiger partial charge in [0.1, 0.15) is 27.8 Å². The SMILES string of the molecule is COC(=O)c1c(C)oc(C)c1S(=O)(=O)Cc1ccc(F)cc1Cl. The molecule has 0 amide bonds. The van der Waals surface area contributed by atoms with Crippen LogP contribution in [0, 0.1) is 19.7 Å². The third kappa shape index (κ3) is 3.40. The third-order valence-corrected chi connectivity index (χ3v) is 5.42. The number of rotatable bonds is 4. The van der Waals surface area contributed by atoms with Crippen molar-refractivity contribution < 1.29 is 26.8 Å². The van der Waals surface area contributed by atoms with E-state index in [1.165, 1.54) is 19.9 Å². The van der Waals surface area contributed by atoms with Crippen molar-refractivity contribution in [1.82, 2.24) is 0 Å². The van der Waals surface area contributed by atoms with Gasteiger partial charge in [-0.3, -0.25) is 0 Å². The number of ether oxygens (including phenoxy) is 1. The Balaban J connectivity index is 2.54. The molecule has 0 atom stereocenters. The number of carbonyl (C=O) groups is 1. The topological polar surface area (TPSA) is 73.6 Å². The molecule has 0 aliphatic carbocycles. The van der Waals surface area contributed by atoms with Crippen LogP contribution in [0.4, 0.5) is 4.39 Å². The van der Waals surface area contributed by atoms with Gasteiger partial charge in [-0.2, -0.15) is 0 Å². The number of methoxy groups -OCH3 is 1. The van der Waals surface area contributed by atoms with Crippen LogP contribution in [0.3, 0.4) is 0 Å². The number of carbonyl (C=O) groups excluding carboxylic acids is 1. The van der Waals surface area contributed by atoms with Crippen LogP contribution in [-0.4, -0.2) is 21.5 Å². The quantitative estimate of drug-likeness (QED) is 0.781. The van der Waals surface area contributed by atoms with Crippen molar-refractivity contribution in [3.63, 3.8) is 0 Å². The molecule has 1 aromatic carbocycles. The normalized spacial score (nSPS) is 11.5. The van der Waals surface area contributed by atoms with Crippen LogP contribution >= 0.6 is 11.6 Å². The zero-order valence-corrected chi connectivity index (χ0v) is 14.2. The van der Waals surface area contributed by atoms with Crippen LogP contribution in [0.15, 0.2) is 27.5 Å². The monoisotopic (exact) mass is 360 g/mol. The van der Waals surface area contributed by atoms with Gasteiger partial charge in [-0.05, 0) is 31.5 Å². The van der Waals surface area contributed by atoms with Gasteiger partial charge in [0, 0.05) is 5.02 Å². The van der Waals surface area contributed by atoms with Crippen LogP contribution in [0.25, 0.3) is 0 Å². The molecule has 0 spiro atoms.